The minimum atomic E-state index is -0.339. The number of rotatable bonds is 8. The van der Waals surface area contributed by atoms with E-state index in [1.54, 1.807) is 0 Å². The molecule has 162 valence electrons. The Morgan fingerprint density at radius 2 is 1.57 bits per heavy atom. The van der Waals surface area contributed by atoms with Gasteiger partial charge in [-0.25, -0.2) is 0 Å². The number of benzene rings is 2. The summed E-state index contributed by atoms with van der Waals surface area (Å²) in [5.74, 6) is 0.581. The van der Waals surface area contributed by atoms with Crippen LogP contribution in [0.3, 0.4) is 0 Å². The van der Waals surface area contributed by atoms with Gasteiger partial charge in [0.15, 0.2) is 5.79 Å². The molecule has 2 fully saturated rings. The molecule has 30 heavy (non-hydrogen) atoms. The van der Waals surface area contributed by atoms with Crippen LogP contribution in [0.2, 0.25) is 0 Å². The Labute approximate surface area is 181 Å². The molecule has 0 aromatic heterocycles. The fourth-order valence-electron chi connectivity index (χ4n) is 4.93. The highest BCUT2D eigenvalue weighted by Gasteiger charge is 2.48. The molecule has 0 atom stereocenters. The second-order valence-corrected chi connectivity index (χ2v) is 8.71. The number of hydrogen-bond acceptors (Lipinski definition) is 4. The molecule has 1 aliphatic carbocycles. The summed E-state index contributed by atoms with van der Waals surface area (Å²) in [5.41, 5.74) is 2.60. The van der Waals surface area contributed by atoms with Crippen molar-refractivity contribution in [3.05, 3.63) is 65.7 Å². The Balaban J connectivity index is 1.49. The summed E-state index contributed by atoms with van der Waals surface area (Å²) in [7, 11) is 2.28. The van der Waals surface area contributed by atoms with Crippen molar-refractivity contribution in [3.63, 3.8) is 0 Å². The van der Waals surface area contributed by atoms with Gasteiger partial charge < -0.3 is 14.2 Å². The quantitative estimate of drug-likeness (QED) is 0.575. The molecule has 0 unspecified atom stereocenters. The zero-order valence-electron chi connectivity index (χ0n) is 18.4. The van der Waals surface area contributed by atoms with Crippen LogP contribution in [0.15, 0.2) is 54.6 Å². The maximum Gasteiger partial charge on any atom is 0.168 e. The molecule has 1 saturated heterocycles. The van der Waals surface area contributed by atoms with Crippen molar-refractivity contribution in [2.75, 3.05) is 26.8 Å². The van der Waals surface area contributed by atoms with Crippen molar-refractivity contribution in [1.29, 1.82) is 0 Å². The highest BCUT2D eigenvalue weighted by Crippen LogP contribution is 2.48. The fourth-order valence-corrected chi connectivity index (χ4v) is 4.93. The largest absolute Gasteiger partial charge is 0.489 e. The van der Waals surface area contributed by atoms with Crippen LogP contribution in [0.4, 0.5) is 0 Å². The van der Waals surface area contributed by atoms with Crippen LogP contribution >= 0.6 is 0 Å². The fraction of sp³-hybridized carbons (Fsp3) is 0.538. The number of ether oxygens (including phenoxy) is 3. The van der Waals surface area contributed by atoms with Gasteiger partial charge in [0.1, 0.15) is 12.4 Å². The van der Waals surface area contributed by atoms with Gasteiger partial charge in [0.2, 0.25) is 0 Å². The van der Waals surface area contributed by atoms with Crippen molar-refractivity contribution in [2.45, 2.75) is 63.4 Å². The van der Waals surface area contributed by atoms with E-state index in [4.69, 9.17) is 14.2 Å². The molecule has 2 aromatic rings. The average Bonchev–Trinajstić information content (AvgIpc) is 3.26. The van der Waals surface area contributed by atoms with E-state index < -0.39 is 0 Å². The van der Waals surface area contributed by atoms with Crippen LogP contribution in [0.25, 0.3) is 0 Å². The zero-order valence-corrected chi connectivity index (χ0v) is 18.4. The van der Waals surface area contributed by atoms with Crippen molar-refractivity contribution in [1.82, 2.24) is 4.90 Å². The molecule has 2 aliphatic rings. The second-order valence-electron chi connectivity index (χ2n) is 8.71. The third kappa shape index (κ3) is 4.56. The van der Waals surface area contributed by atoms with Crippen LogP contribution < -0.4 is 4.74 Å². The summed E-state index contributed by atoms with van der Waals surface area (Å²) in [6.07, 6.45) is 6.44. The Morgan fingerprint density at radius 1 is 0.900 bits per heavy atom. The predicted octanol–water partition coefficient (Wildman–Crippen LogP) is 5.51. The molecule has 4 rings (SSSR count). The summed E-state index contributed by atoms with van der Waals surface area (Å²) in [5, 5.41) is 0. The molecule has 0 N–H and O–H groups in total. The number of unbranched alkanes of at least 4 members (excludes halogenated alkanes) is 1. The molecule has 1 spiro atoms. The minimum Gasteiger partial charge on any atom is -0.489 e. The lowest BCUT2D eigenvalue weighted by Crippen LogP contribution is -2.51. The maximum atomic E-state index is 6.02. The van der Waals surface area contributed by atoms with Gasteiger partial charge in [0, 0.05) is 18.4 Å². The van der Waals surface area contributed by atoms with Crippen LogP contribution in [0, 0.1) is 0 Å². The molecule has 4 nitrogen and oxygen atoms in total. The van der Waals surface area contributed by atoms with Gasteiger partial charge in [-0.15, -0.1) is 0 Å². The molecule has 0 amide bonds. The lowest BCUT2D eigenvalue weighted by Gasteiger charge is -2.49. The van der Waals surface area contributed by atoms with Gasteiger partial charge in [-0.1, -0.05) is 55.8 Å². The standard InChI is InChI=1S/C26H35NO3/c1-3-4-18-27(2)25(14-16-26(17-15-25)29-19-20-30-26)23-10-12-24(13-11-23)28-21-22-8-6-5-7-9-22/h5-13H,3-4,14-21H2,1-2H3. The van der Waals surface area contributed by atoms with E-state index in [2.05, 4.69) is 55.3 Å². The first-order valence-corrected chi connectivity index (χ1v) is 11.4. The lowest BCUT2D eigenvalue weighted by atomic mass is 9.73. The highest BCUT2D eigenvalue weighted by atomic mass is 16.7. The van der Waals surface area contributed by atoms with Crippen molar-refractivity contribution >= 4 is 0 Å². The SMILES string of the molecule is CCCCN(C)C1(c2ccc(OCc3ccccc3)cc2)CCC2(CC1)OCCO2. The summed E-state index contributed by atoms with van der Waals surface area (Å²) < 4.78 is 18.0. The van der Waals surface area contributed by atoms with Crippen LogP contribution in [0.1, 0.15) is 56.6 Å². The highest BCUT2D eigenvalue weighted by molar-refractivity contribution is 5.33. The third-order valence-corrected chi connectivity index (χ3v) is 6.87. The smallest absolute Gasteiger partial charge is 0.168 e. The normalized spacial score (nSPS) is 20.0. The van der Waals surface area contributed by atoms with Crippen LogP contribution in [-0.4, -0.2) is 37.5 Å². The molecule has 2 aromatic carbocycles. The maximum absolute atomic E-state index is 6.02. The summed E-state index contributed by atoms with van der Waals surface area (Å²) in [4.78, 5) is 2.57. The monoisotopic (exact) mass is 409 g/mol. The lowest BCUT2D eigenvalue weighted by molar-refractivity contribution is -0.194. The van der Waals surface area contributed by atoms with Crippen molar-refractivity contribution in [3.8, 4) is 5.75 Å². The first-order chi connectivity index (χ1) is 14.7. The Morgan fingerprint density at radius 3 is 2.20 bits per heavy atom. The Hall–Kier alpha value is -1.88. The van der Waals surface area contributed by atoms with Crippen LogP contribution in [-0.2, 0) is 21.6 Å². The van der Waals surface area contributed by atoms with Gasteiger partial charge in [-0.2, -0.15) is 0 Å². The van der Waals surface area contributed by atoms with Gasteiger partial charge >= 0.3 is 0 Å². The first-order valence-electron chi connectivity index (χ1n) is 11.4. The number of nitrogens with zero attached hydrogens (tertiary/aromatic N) is 1. The molecule has 0 radical (unpaired) electrons. The second kappa shape index (κ2) is 9.51. The van der Waals surface area contributed by atoms with Crippen molar-refractivity contribution in [2.24, 2.45) is 0 Å². The van der Waals surface area contributed by atoms with Crippen LogP contribution in [0.5, 0.6) is 5.75 Å². The van der Waals surface area contributed by atoms with E-state index in [0.717, 1.165) is 51.2 Å². The van der Waals surface area contributed by atoms with E-state index in [0.29, 0.717) is 6.61 Å². The predicted molar refractivity (Wildman–Crippen MR) is 120 cm³/mol. The molecule has 1 heterocycles. The van der Waals surface area contributed by atoms with E-state index in [1.165, 1.54) is 24.0 Å². The Kier molecular flexibility index (Phi) is 6.77. The summed E-state index contributed by atoms with van der Waals surface area (Å²) in [6, 6.07) is 19.1. The minimum absolute atomic E-state index is 0.0354. The van der Waals surface area contributed by atoms with Gasteiger partial charge in [0.05, 0.1) is 13.2 Å². The Bertz CT molecular complexity index is 774. The summed E-state index contributed by atoms with van der Waals surface area (Å²) >= 11 is 0. The molecule has 1 aliphatic heterocycles. The van der Waals surface area contributed by atoms with Gasteiger partial charge in [-0.05, 0) is 56.1 Å². The van der Waals surface area contributed by atoms with E-state index in [1.807, 2.05) is 18.2 Å². The van der Waals surface area contributed by atoms with Crippen molar-refractivity contribution < 1.29 is 14.2 Å². The van der Waals surface area contributed by atoms with E-state index in [9.17, 15) is 0 Å². The van der Waals surface area contributed by atoms with Gasteiger partial charge in [-0.3, -0.25) is 4.90 Å². The average molecular weight is 410 g/mol. The third-order valence-electron chi connectivity index (χ3n) is 6.87. The topological polar surface area (TPSA) is 30.9 Å². The summed E-state index contributed by atoms with van der Waals surface area (Å²) in [6.45, 7) is 5.42. The molecular formula is C26H35NO3. The number of hydrogen-bond donors (Lipinski definition) is 0. The van der Waals surface area contributed by atoms with Gasteiger partial charge in [0.25, 0.3) is 0 Å². The first kappa shape index (κ1) is 21.4. The molecule has 0 bridgehead atoms. The molecular weight excluding hydrogens is 374 g/mol. The molecule has 4 heteroatoms. The van der Waals surface area contributed by atoms with E-state index >= 15 is 0 Å². The van der Waals surface area contributed by atoms with E-state index in [-0.39, 0.29) is 11.3 Å². The zero-order chi connectivity index (χ0) is 20.9. The molecule has 1 saturated carbocycles.